The van der Waals surface area contributed by atoms with Crippen molar-refractivity contribution in [1.82, 2.24) is 4.90 Å². The van der Waals surface area contributed by atoms with Crippen LogP contribution in [0.15, 0.2) is 9.66 Å². The molecule has 0 radical (unpaired) electrons. The van der Waals surface area contributed by atoms with Crippen LogP contribution in [0.5, 0.6) is 0 Å². The highest BCUT2D eigenvalue weighted by Crippen LogP contribution is 2.65. The largest absolute Gasteiger partial charge is 0.342 e. The first-order chi connectivity index (χ1) is 10.4. The van der Waals surface area contributed by atoms with E-state index in [1.165, 1.54) is 32.1 Å². The number of likely N-dealkylation sites (tertiary alicyclic amines) is 1. The average molecular weight is 413 g/mol. The van der Waals surface area contributed by atoms with Gasteiger partial charge in [-0.2, -0.15) is 0 Å². The van der Waals surface area contributed by atoms with Crippen LogP contribution in [-0.2, 0) is 4.79 Å². The molecule has 0 N–H and O–H groups in total. The molecule has 22 heavy (non-hydrogen) atoms. The third kappa shape index (κ3) is 1.86. The number of nitrogens with zero attached hydrogens (tertiary/aromatic N) is 1. The molecule has 4 aliphatic rings. The first-order valence-electron chi connectivity index (χ1n) is 9.00. The first kappa shape index (κ1) is 15.5. The molecule has 0 bridgehead atoms. The van der Waals surface area contributed by atoms with Crippen molar-refractivity contribution in [2.24, 2.45) is 28.6 Å². The van der Waals surface area contributed by atoms with Gasteiger partial charge in [-0.3, -0.25) is 4.79 Å². The second-order valence-electron chi connectivity index (χ2n) is 8.72. The molecule has 0 aromatic heterocycles. The maximum absolute atomic E-state index is 12.1. The van der Waals surface area contributed by atoms with E-state index in [4.69, 9.17) is 0 Å². The molecular formula is C19H28INO. The molecule has 1 amide bonds. The summed E-state index contributed by atoms with van der Waals surface area (Å²) in [6, 6.07) is 0.493. The Hall–Kier alpha value is -0.0600. The maximum Gasteiger partial charge on any atom is 0.222 e. The van der Waals surface area contributed by atoms with E-state index in [9.17, 15) is 4.79 Å². The van der Waals surface area contributed by atoms with Crippen molar-refractivity contribution in [3.63, 3.8) is 0 Å². The summed E-state index contributed by atoms with van der Waals surface area (Å²) in [6.07, 6.45) is 11.0. The summed E-state index contributed by atoms with van der Waals surface area (Å²) < 4.78 is 1.62. The van der Waals surface area contributed by atoms with Gasteiger partial charge < -0.3 is 4.90 Å². The molecule has 6 atom stereocenters. The van der Waals surface area contributed by atoms with Gasteiger partial charge >= 0.3 is 0 Å². The third-order valence-corrected chi connectivity index (χ3v) is 9.72. The molecule has 122 valence electrons. The van der Waals surface area contributed by atoms with Gasteiger partial charge in [0.15, 0.2) is 0 Å². The van der Waals surface area contributed by atoms with Crippen LogP contribution >= 0.6 is 22.6 Å². The van der Waals surface area contributed by atoms with E-state index in [1.807, 2.05) is 0 Å². The van der Waals surface area contributed by atoms with E-state index in [2.05, 4.69) is 54.5 Å². The van der Waals surface area contributed by atoms with Crippen LogP contribution in [0.4, 0.5) is 0 Å². The maximum atomic E-state index is 12.1. The van der Waals surface area contributed by atoms with Gasteiger partial charge in [-0.1, -0.05) is 19.9 Å². The monoisotopic (exact) mass is 413 g/mol. The van der Waals surface area contributed by atoms with Gasteiger partial charge in [0.1, 0.15) is 0 Å². The molecule has 0 aromatic rings. The van der Waals surface area contributed by atoms with Crippen LogP contribution in [0, 0.1) is 28.6 Å². The van der Waals surface area contributed by atoms with E-state index < -0.39 is 0 Å². The number of carbonyl (C=O) groups excluding carboxylic acids is 1. The highest BCUT2D eigenvalue weighted by atomic mass is 127. The molecule has 4 rings (SSSR count). The van der Waals surface area contributed by atoms with Gasteiger partial charge in [0, 0.05) is 24.9 Å². The van der Waals surface area contributed by atoms with Gasteiger partial charge in [-0.25, -0.2) is 0 Å². The van der Waals surface area contributed by atoms with E-state index in [-0.39, 0.29) is 0 Å². The summed E-state index contributed by atoms with van der Waals surface area (Å²) in [6.45, 7) is 5.03. The summed E-state index contributed by atoms with van der Waals surface area (Å²) in [5.41, 5.74) is 0.822. The predicted octanol–water partition coefficient (Wildman–Crippen LogP) is 4.78. The van der Waals surface area contributed by atoms with Crippen molar-refractivity contribution in [2.75, 3.05) is 7.05 Å². The van der Waals surface area contributed by atoms with E-state index in [0.29, 0.717) is 22.8 Å². The average Bonchev–Trinajstić information content (AvgIpc) is 2.79. The molecule has 2 saturated carbocycles. The molecule has 0 aromatic carbocycles. The van der Waals surface area contributed by atoms with Crippen LogP contribution in [-0.4, -0.2) is 23.9 Å². The number of carbonyl (C=O) groups is 1. The molecule has 2 nitrogen and oxygen atoms in total. The van der Waals surface area contributed by atoms with Crippen LogP contribution in [0.25, 0.3) is 0 Å². The van der Waals surface area contributed by atoms with Crippen LogP contribution in [0.1, 0.15) is 58.8 Å². The number of hydrogen-bond acceptors (Lipinski definition) is 1. The number of hydrogen-bond donors (Lipinski definition) is 0. The fourth-order valence-electron chi connectivity index (χ4n) is 6.67. The molecule has 0 unspecified atom stereocenters. The Bertz CT molecular complexity index is 544. The summed E-state index contributed by atoms with van der Waals surface area (Å²) in [5.74, 6) is 2.94. The number of allylic oxidation sites excluding steroid dienone is 2. The summed E-state index contributed by atoms with van der Waals surface area (Å²) in [4.78, 5) is 14.2. The second-order valence-corrected chi connectivity index (χ2v) is 9.89. The van der Waals surface area contributed by atoms with Gasteiger partial charge in [0.2, 0.25) is 5.91 Å². The van der Waals surface area contributed by atoms with Crippen molar-refractivity contribution in [1.29, 1.82) is 0 Å². The third-order valence-electron chi connectivity index (χ3n) is 8.04. The van der Waals surface area contributed by atoms with Crippen molar-refractivity contribution in [2.45, 2.75) is 64.8 Å². The zero-order valence-corrected chi connectivity index (χ0v) is 16.2. The van der Waals surface area contributed by atoms with E-state index >= 15 is 0 Å². The van der Waals surface area contributed by atoms with Crippen molar-refractivity contribution >= 4 is 28.5 Å². The highest BCUT2D eigenvalue weighted by Gasteiger charge is 2.59. The topological polar surface area (TPSA) is 20.3 Å². The highest BCUT2D eigenvalue weighted by molar-refractivity contribution is 14.1. The number of piperidine rings is 1. The fraction of sp³-hybridized carbons (Fsp3) is 0.842. The first-order valence-corrected chi connectivity index (χ1v) is 10.1. The van der Waals surface area contributed by atoms with Gasteiger partial charge in [0.25, 0.3) is 0 Å². The molecule has 1 saturated heterocycles. The Morgan fingerprint density at radius 3 is 2.73 bits per heavy atom. The molecule has 0 spiro atoms. The molecule has 3 aliphatic carbocycles. The number of halogens is 1. The van der Waals surface area contributed by atoms with Gasteiger partial charge in [-0.15, -0.1) is 0 Å². The van der Waals surface area contributed by atoms with Crippen molar-refractivity contribution in [3.8, 4) is 0 Å². The molecule has 1 heterocycles. The number of fused-ring (bicyclic) bond motifs is 5. The lowest BCUT2D eigenvalue weighted by atomic mass is 9.47. The minimum absolute atomic E-state index is 0.362. The van der Waals surface area contributed by atoms with Crippen LogP contribution in [0.2, 0.25) is 0 Å². The SMILES string of the molecule is CN1C(=O)CC[C@]2(C)[C@H]3CC[C@]4(C)C(I)=CC[C@H]4[C@@H]3CC[C@@H]12. The number of rotatable bonds is 0. The van der Waals surface area contributed by atoms with Crippen LogP contribution < -0.4 is 0 Å². The lowest BCUT2D eigenvalue weighted by molar-refractivity contribution is -0.156. The smallest absolute Gasteiger partial charge is 0.222 e. The molecular weight excluding hydrogens is 385 g/mol. The lowest BCUT2D eigenvalue weighted by Crippen LogP contribution is -2.61. The standard InChI is InChI=1S/C19H28INO/c1-18-10-8-14-12(13(18)5-6-15(18)20)4-7-16-19(14,2)11-9-17(22)21(16)3/h6,12-14,16H,4-5,7-11H2,1-3H3/t12-,13-,14-,16+,18-,19+/m0/s1. The van der Waals surface area contributed by atoms with E-state index in [1.54, 1.807) is 3.58 Å². The Balaban J connectivity index is 1.66. The van der Waals surface area contributed by atoms with Crippen molar-refractivity contribution < 1.29 is 4.79 Å². The zero-order chi connectivity index (χ0) is 15.7. The van der Waals surface area contributed by atoms with E-state index in [0.717, 1.165) is 30.6 Å². The minimum atomic E-state index is 0.362. The second kappa shape index (κ2) is 4.97. The summed E-state index contributed by atoms with van der Waals surface area (Å²) >= 11 is 2.60. The molecule has 1 aliphatic heterocycles. The Morgan fingerprint density at radius 1 is 1.18 bits per heavy atom. The van der Waals surface area contributed by atoms with Crippen LogP contribution in [0.3, 0.4) is 0 Å². The van der Waals surface area contributed by atoms with Crippen molar-refractivity contribution in [3.05, 3.63) is 9.66 Å². The summed E-state index contributed by atoms with van der Waals surface area (Å²) in [5, 5.41) is 0. The minimum Gasteiger partial charge on any atom is -0.342 e. The lowest BCUT2D eigenvalue weighted by Gasteiger charge is -2.61. The zero-order valence-electron chi connectivity index (χ0n) is 14.1. The summed E-state index contributed by atoms with van der Waals surface area (Å²) in [7, 11) is 2.05. The Morgan fingerprint density at radius 2 is 1.95 bits per heavy atom. The quantitative estimate of drug-likeness (QED) is 0.524. The predicted molar refractivity (Wildman–Crippen MR) is 97.7 cm³/mol. The normalized spacial score (nSPS) is 51.0. The Labute approximate surface area is 148 Å². The fourth-order valence-corrected chi connectivity index (χ4v) is 7.59. The Kier molecular flexibility index (Phi) is 3.49. The molecule has 3 fully saturated rings. The van der Waals surface area contributed by atoms with Gasteiger partial charge in [-0.05, 0) is 87.9 Å². The molecule has 3 heteroatoms. The number of amides is 1. The van der Waals surface area contributed by atoms with Gasteiger partial charge in [0.05, 0.1) is 0 Å².